The second-order valence-electron chi connectivity index (χ2n) is 4.33. The summed E-state index contributed by atoms with van der Waals surface area (Å²) in [5.74, 6) is -0.131. The van der Waals surface area contributed by atoms with Gasteiger partial charge in [0.05, 0.1) is 5.92 Å². The van der Waals surface area contributed by atoms with E-state index in [1.54, 1.807) is 0 Å². The second kappa shape index (κ2) is 3.73. The third-order valence-corrected chi connectivity index (χ3v) is 2.12. The Labute approximate surface area is 79.8 Å². The highest BCUT2D eigenvalue weighted by Crippen LogP contribution is 2.32. The zero-order chi connectivity index (χ0) is 9.90. The van der Waals surface area contributed by atoms with Crippen molar-refractivity contribution in [2.24, 2.45) is 5.41 Å². The Morgan fingerprint density at radius 3 is 2.08 bits per heavy atom. The van der Waals surface area contributed by atoms with E-state index in [-0.39, 0.29) is 11.3 Å². The molecule has 0 spiro atoms. The maximum atomic E-state index is 10.8. The van der Waals surface area contributed by atoms with E-state index in [9.17, 15) is 4.79 Å². The molecule has 1 unspecified atom stereocenters. The van der Waals surface area contributed by atoms with Crippen LogP contribution in [0.1, 0.15) is 32.3 Å². The summed E-state index contributed by atoms with van der Waals surface area (Å²) in [7, 11) is 0. The average molecular weight is 175 g/mol. The topological polar surface area (TPSA) is 17.1 Å². The smallest absolute Gasteiger partial charge is 0.207 e. The summed E-state index contributed by atoms with van der Waals surface area (Å²) < 4.78 is 0. The summed E-state index contributed by atoms with van der Waals surface area (Å²) in [6.07, 6.45) is 2.11. The molecule has 0 amide bonds. The molecule has 1 heteroatoms. The van der Waals surface area contributed by atoms with Gasteiger partial charge in [-0.2, -0.15) is 0 Å². The molecule has 1 rings (SSSR count). The van der Waals surface area contributed by atoms with Crippen molar-refractivity contribution in [2.45, 2.75) is 26.7 Å². The molecule has 0 saturated heterocycles. The summed E-state index contributed by atoms with van der Waals surface area (Å²) in [6.45, 7) is 6.15. The summed E-state index contributed by atoms with van der Waals surface area (Å²) in [5.41, 5.74) is 0.994. The van der Waals surface area contributed by atoms with Crippen molar-refractivity contribution in [3.05, 3.63) is 35.9 Å². The molecule has 0 N–H and O–H groups in total. The molecule has 0 aliphatic rings. The Kier molecular flexibility index (Phi) is 2.86. The van der Waals surface area contributed by atoms with Gasteiger partial charge in [0.2, 0.25) is 6.29 Å². The van der Waals surface area contributed by atoms with Crippen LogP contribution < -0.4 is 0 Å². The van der Waals surface area contributed by atoms with Crippen LogP contribution in [-0.2, 0) is 4.79 Å². The molecule has 1 nitrogen and oxygen atoms in total. The summed E-state index contributed by atoms with van der Waals surface area (Å²) in [4.78, 5) is 10.8. The molecule has 13 heavy (non-hydrogen) atoms. The first-order valence-corrected chi connectivity index (χ1v) is 4.48. The normalized spacial score (nSPS) is 13.8. The van der Waals surface area contributed by atoms with Gasteiger partial charge < -0.3 is 0 Å². The Bertz CT molecular complexity index is 269. The lowest BCUT2D eigenvalue weighted by molar-refractivity contribution is 0.369. The van der Waals surface area contributed by atoms with Crippen molar-refractivity contribution in [1.29, 1.82) is 0 Å². The highest BCUT2D eigenvalue weighted by atomic mass is 16.1. The van der Waals surface area contributed by atoms with Crippen LogP contribution in [0.3, 0.4) is 0 Å². The van der Waals surface area contributed by atoms with Gasteiger partial charge >= 0.3 is 0 Å². The zero-order valence-corrected chi connectivity index (χ0v) is 8.37. The van der Waals surface area contributed by atoms with Crippen molar-refractivity contribution >= 4 is 6.29 Å². The van der Waals surface area contributed by atoms with E-state index in [2.05, 4.69) is 27.1 Å². The van der Waals surface area contributed by atoms with E-state index in [0.717, 1.165) is 5.56 Å². The minimum Gasteiger partial charge on any atom is -0.290 e. The van der Waals surface area contributed by atoms with Crippen LogP contribution in [0.25, 0.3) is 0 Å². The molecule has 0 saturated carbocycles. The molecule has 0 aromatic heterocycles. The Hall–Kier alpha value is -1.11. The summed E-state index contributed by atoms with van der Waals surface area (Å²) >= 11 is 0. The lowest BCUT2D eigenvalue weighted by atomic mass is 9.77. The molecule has 0 aliphatic heterocycles. The standard InChI is InChI=1S/C12H15O/c1-12(2,3)11(9-13)10-7-5-4-6-8-10/h4-8,11H,1-3H3. The van der Waals surface area contributed by atoms with E-state index >= 15 is 0 Å². The van der Waals surface area contributed by atoms with Gasteiger partial charge in [-0.05, 0) is 11.0 Å². The number of benzene rings is 1. The number of carbonyl (C=O) groups excluding carboxylic acids is 1. The van der Waals surface area contributed by atoms with Gasteiger partial charge in [-0.25, -0.2) is 0 Å². The van der Waals surface area contributed by atoms with Crippen molar-refractivity contribution in [2.75, 3.05) is 0 Å². The molecule has 1 aromatic carbocycles. The van der Waals surface area contributed by atoms with Crippen LogP contribution >= 0.6 is 0 Å². The molecule has 0 fully saturated rings. The van der Waals surface area contributed by atoms with Crippen molar-refractivity contribution < 1.29 is 4.79 Å². The largest absolute Gasteiger partial charge is 0.290 e. The zero-order valence-electron chi connectivity index (χ0n) is 8.37. The fourth-order valence-electron chi connectivity index (χ4n) is 1.39. The predicted molar refractivity (Wildman–Crippen MR) is 54.3 cm³/mol. The van der Waals surface area contributed by atoms with Gasteiger partial charge in [0.15, 0.2) is 0 Å². The van der Waals surface area contributed by atoms with Crippen LogP contribution in [0.5, 0.6) is 0 Å². The summed E-state index contributed by atoms with van der Waals surface area (Å²) in [5, 5.41) is 0. The van der Waals surface area contributed by atoms with Gasteiger partial charge in [-0.15, -0.1) is 0 Å². The monoisotopic (exact) mass is 175 g/mol. The van der Waals surface area contributed by atoms with Crippen LogP contribution in [0.15, 0.2) is 30.3 Å². The van der Waals surface area contributed by atoms with Gasteiger partial charge in [-0.1, -0.05) is 51.1 Å². The molecule has 69 valence electrons. The Morgan fingerprint density at radius 1 is 1.15 bits per heavy atom. The molecule has 0 bridgehead atoms. The third kappa shape index (κ3) is 2.41. The first-order chi connectivity index (χ1) is 6.05. The molecule has 0 aliphatic carbocycles. The molecular weight excluding hydrogens is 160 g/mol. The fourth-order valence-corrected chi connectivity index (χ4v) is 1.39. The van der Waals surface area contributed by atoms with Gasteiger partial charge in [-0.3, -0.25) is 4.79 Å². The van der Waals surface area contributed by atoms with Crippen molar-refractivity contribution in [1.82, 2.24) is 0 Å². The molecule has 0 heterocycles. The van der Waals surface area contributed by atoms with E-state index < -0.39 is 0 Å². The lowest BCUT2D eigenvalue weighted by Gasteiger charge is -2.25. The predicted octanol–water partition coefficient (Wildman–Crippen LogP) is 2.93. The minimum atomic E-state index is -0.131. The second-order valence-corrected chi connectivity index (χ2v) is 4.33. The Balaban J connectivity index is 2.99. The highest BCUT2D eigenvalue weighted by Gasteiger charge is 2.26. The lowest BCUT2D eigenvalue weighted by Crippen LogP contribution is -2.19. The first-order valence-electron chi connectivity index (χ1n) is 4.48. The van der Waals surface area contributed by atoms with Gasteiger partial charge in [0, 0.05) is 0 Å². The highest BCUT2D eigenvalue weighted by molar-refractivity contribution is 5.64. The maximum absolute atomic E-state index is 10.8. The van der Waals surface area contributed by atoms with Crippen molar-refractivity contribution in [3.63, 3.8) is 0 Å². The van der Waals surface area contributed by atoms with Gasteiger partial charge in [0.1, 0.15) is 0 Å². The number of hydrogen-bond acceptors (Lipinski definition) is 1. The van der Waals surface area contributed by atoms with Crippen LogP contribution in [0, 0.1) is 5.41 Å². The van der Waals surface area contributed by atoms with Crippen LogP contribution in [-0.4, -0.2) is 6.29 Å². The molecule has 1 aromatic rings. The van der Waals surface area contributed by atoms with Crippen molar-refractivity contribution in [3.8, 4) is 0 Å². The van der Waals surface area contributed by atoms with Crippen LogP contribution in [0.4, 0.5) is 0 Å². The Morgan fingerprint density at radius 2 is 1.69 bits per heavy atom. The van der Waals surface area contributed by atoms with E-state index in [4.69, 9.17) is 0 Å². The molecule has 1 radical (unpaired) electrons. The van der Waals surface area contributed by atoms with Gasteiger partial charge in [0.25, 0.3) is 0 Å². The van der Waals surface area contributed by atoms with E-state index in [1.165, 1.54) is 0 Å². The average Bonchev–Trinajstić information content (AvgIpc) is 2.05. The fraction of sp³-hybridized carbons (Fsp3) is 0.417. The SMILES string of the molecule is CC(C)(C)C([C]=O)c1ccccc1. The molecule has 1 atom stereocenters. The summed E-state index contributed by atoms with van der Waals surface area (Å²) in [6, 6.07) is 9.80. The molecular formula is C12H15O. The van der Waals surface area contributed by atoms with E-state index in [1.807, 2.05) is 30.3 Å². The number of rotatable bonds is 2. The number of hydrogen-bond donors (Lipinski definition) is 0. The quantitative estimate of drug-likeness (QED) is 0.675. The third-order valence-electron chi connectivity index (χ3n) is 2.12. The first kappa shape index (κ1) is 9.97. The minimum absolute atomic E-state index is 0.0525. The maximum Gasteiger partial charge on any atom is 0.207 e. The van der Waals surface area contributed by atoms with Crippen LogP contribution in [0.2, 0.25) is 0 Å². The van der Waals surface area contributed by atoms with E-state index in [0.29, 0.717) is 0 Å².